The van der Waals surface area contributed by atoms with Gasteiger partial charge in [-0.3, -0.25) is 10.1 Å². The predicted molar refractivity (Wildman–Crippen MR) is 100.0 cm³/mol. The van der Waals surface area contributed by atoms with Crippen molar-refractivity contribution >= 4 is 17.9 Å². The summed E-state index contributed by atoms with van der Waals surface area (Å²) in [5, 5.41) is 1.86. The maximum Gasteiger partial charge on any atom is 0.339 e. The molecule has 8 nitrogen and oxygen atoms in total. The number of carbonyl (C=O) groups is 3. The summed E-state index contributed by atoms with van der Waals surface area (Å²) in [6, 6.07) is 14.9. The van der Waals surface area contributed by atoms with Crippen LogP contribution >= 0.6 is 0 Å². The normalized spacial score (nSPS) is 11.5. The SMILES string of the molecule is C[C@H](OC(=O)c1ccccc1-c1ncc(-c2ccccc2)o1)C(=O)NC(N)=O. The zero-order valence-electron chi connectivity index (χ0n) is 14.9. The maximum atomic E-state index is 12.5. The summed E-state index contributed by atoms with van der Waals surface area (Å²) in [5.74, 6) is -0.795. The highest BCUT2D eigenvalue weighted by Gasteiger charge is 2.23. The van der Waals surface area contributed by atoms with Gasteiger partial charge in [0, 0.05) is 5.56 Å². The number of hydrogen-bond acceptors (Lipinski definition) is 6. The maximum absolute atomic E-state index is 12.5. The lowest BCUT2D eigenvalue weighted by Gasteiger charge is -2.13. The molecule has 0 bridgehead atoms. The van der Waals surface area contributed by atoms with E-state index in [0.717, 1.165) is 5.56 Å². The smallest absolute Gasteiger partial charge is 0.339 e. The topological polar surface area (TPSA) is 125 Å². The average molecular weight is 379 g/mol. The number of oxazole rings is 1. The van der Waals surface area contributed by atoms with E-state index in [1.54, 1.807) is 24.4 Å². The minimum Gasteiger partial charge on any atom is -0.449 e. The monoisotopic (exact) mass is 379 g/mol. The standard InChI is InChI=1S/C20H17N3O5/c1-12(17(24)23-20(21)26)27-19(25)15-10-6-5-9-14(15)18-22-11-16(28-18)13-7-3-2-4-8-13/h2-12H,1H3,(H3,21,23,24,26)/t12-/m0/s1. The molecule has 1 aromatic heterocycles. The molecule has 1 atom stereocenters. The lowest BCUT2D eigenvalue weighted by Crippen LogP contribution is -2.42. The van der Waals surface area contributed by atoms with E-state index in [1.807, 2.05) is 35.6 Å². The van der Waals surface area contributed by atoms with E-state index in [2.05, 4.69) is 4.98 Å². The molecule has 28 heavy (non-hydrogen) atoms. The number of carbonyl (C=O) groups excluding carboxylic acids is 3. The van der Waals surface area contributed by atoms with E-state index < -0.39 is 24.0 Å². The number of aromatic nitrogens is 1. The molecule has 3 aromatic rings. The number of nitrogens with two attached hydrogens (primary N) is 1. The molecule has 0 saturated heterocycles. The van der Waals surface area contributed by atoms with Crippen LogP contribution in [0.25, 0.3) is 22.8 Å². The Balaban J connectivity index is 1.84. The third-order valence-corrected chi connectivity index (χ3v) is 3.84. The molecule has 3 N–H and O–H groups in total. The number of benzene rings is 2. The van der Waals surface area contributed by atoms with Crippen LogP contribution < -0.4 is 11.1 Å². The highest BCUT2D eigenvalue weighted by Crippen LogP contribution is 2.28. The first-order valence-electron chi connectivity index (χ1n) is 8.37. The van der Waals surface area contributed by atoms with Gasteiger partial charge in [-0.2, -0.15) is 0 Å². The molecule has 0 unspecified atom stereocenters. The Bertz CT molecular complexity index is 1010. The molecule has 142 valence electrons. The zero-order chi connectivity index (χ0) is 20.1. The molecule has 3 rings (SSSR count). The number of urea groups is 1. The second-order valence-electron chi connectivity index (χ2n) is 5.84. The van der Waals surface area contributed by atoms with Crippen LogP contribution in [-0.4, -0.2) is 29.0 Å². The first-order valence-corrected chi connectivity index (χ1v) is 8.37. The fourth-order valence-corrected chi connectivity index (χ4v) is 2.48. The average Bonchev–Trinajstić information content (AvgIpc) is 3.18. The molecule has 0 aliphatic heterocycles. The van der Waals surface area contributed by atoms with Crippen LogP contribution in [0.1, 0.15) is 17.3 Å². The van der Waals surface area contributed by atoms with Gasteiger partial charge >= 0.3 is 12.0 Å². The predicted octanol–water partition coefficient (Wildman–Crippen LogP) is 2.75. The first kappa shape index (κ1) is 18.8. The van der Waals surface area contributed by atoms with E-state index in [-0.39, 0.29) is 11.5 Å². The van der Waals surface area contributed by atoms with Crippen LogP contribution in [0.4, 0.5) is 4.79 Å². The third-order valence-electron chi connectivity index (χ3n) is 3.84. The number of ether oxygens (including phenoxy) is 1. The van der Waals surface area contributed by atoms with Crippen molar-refractivity contribution in [2.75, 3.05) is 0 Å². The summed E-state index contributed by atoms with van der Waals surface area (Å²) >= 11 is 0. The fourth-order valence-electron chi connectivity index (χ4n) is 2.48. The number of rotatable bonds is 5. The van der Waals surface area contributed by atoms with Crippen molar-refractivity contribution < 1.29 is 23.5 Å². The van der Waals surface area contributed by atoms with Crippen molar-refractivity contribution in [2.45, 2.75) is 13.0 Å². The van der Waals surface area contributed by atoms with Gasteiger partial charge in [-0.05, 0) is 19.1 Å². The first-order chi connectivity index (χ1) is 13.5. The van der Waals surface area contributed by atoms with Crippen molar-refractivity contribution in [3.05, 3.63) is 66.4 Å². The van der Waals surface area contributed by atoms with E-state index in [4.69, 9.17) is 14.9 Å². The van der Waals surface area contributed by atoms with Crippen molar-refractivity contribution in [1.82, 2.24) is 10.3 Å². The molecule has 0 aliphatic carbocycles. The molecular formula is C20H17N3O5. The molecule has 0 fully saturated rings. The highest BCUT2D eigenvalue weighted by molar-refractivity contribution is 6.00. The lowest BCUT2D eigenvalue weighted by atomic mass is 10.1. The number of imide groups is 1. The second kappa shape index (κ2) is 8.17. The molecular weight excluding hydrogens is 362 g/mol. The summed E-state index contributed by atoms with van der Waals surface area (Å²) in [7, 11) is 0. The van der Waals surface area contributed by atoms with Crippen LogP contribution in [0.5, 0.6) is 0 Å². The number of nitrogens with zero attached hydrogens (tertiary/aromatic N) is 1. The summed E-state index contributed by atoms with van der Waals surface area (Å²) in [6.07, 6.45) is 0.355. The molecule has 3 amide bonds. The Hall–Kier alpha value is -3.94. The van der Waals surface area contributed by atoms with E-state index in [0.29, 0.717) is 11.3 Å². The summed E-state index contributed by atoms with van der Waals surface area (Å²) in [6.45, 7) is 1.33. The van der Waals surface area contributed by atoms with Gasteiger partial charge in [0.25, 0.3) is 5.91 Å². The van der Waals surface area contributed by atoms with E-state index >= 15 is 0 Å². The number of esters is 1. The van der Waals surface area contributed by atoms with Crippen LogP contribution in [0.3, 0.4) is 0 Å². The Morgan fingerprint density at radius 1 is 1.07 bits per heavy atom. The van der Waals surface area contributed by atoms with E-state index in [1.165, 1.54) is 13.0 Å². The summed E-state index contributed by atoms with van der Waals surface area (Å²) < 4.78 is 10.9. The van der Waals surface area contributed by atoms with Gasteiger partial charge in [-0.15, -0.1) is 0 Å². The van der Waals surface area contributed by atoms with Crippen LogP contribution in [0.15, 0.2) is 65.2 Å². The Kier molecular flexibility index (Phi) is 5.50. The second-order valence-corrected chi connectivity index (χ2v) is 5.84. The fraction of sp³-hybridized carbons (Fsp3) is 0.100. The molecule has 1 heterocycles. The molecule has 0 aliphatic rings. The van der Waals surface area contributed by atoms with Crippen molar-refractivity contribution in [1.29, 1.82) is 0 Å². The molecule has 8 heteroatoms. The highest BCUT2D eigenvalue weighted by atomic mass is 16.5. The van der Waals surface area contributed by atoms with Gasteiger partial charge in [-0.25, -0.2) is 14.6 Å². The summed E-state index contributed by atoms with van der Waals surface area (Å²) in [5.41, 5.74) is 6.32. The summed E-state index contributed by atoms with van der Waals surface area (Å²) in [4.78, 5) is 39.2. The number of primary amides is 1. The molecule has 0 saturated carbocycles. The van der Waals surface area contributed by atoms with Crippen LogP contribution in [-0.2, 0) is 9.53 Å². The van der Waals surface area contributed by atoms with Gasteiger partial charge in [0.05, 0.1) is 17.3 Å². The Labute approximate surface area is 160 Å². The van der Waals surface area contributed by atoms with Crippen molar-refractivity contribution in [3.63, 3.8) is 0 Å². The number of amides is 3. The molecule has 0 spiro atoms. The third kappa shape index (κ3) is 4.24. The molecule has 0 radical (unpaired) electrons. The largest absolute Gasteiger partial charge is 0.449 e. The van der Waals surface area contributed by atoms with Gasteiger partial charge in [0.15, 0.2) is 11.9 Å². The molecule has 2 aromatic carbocycles. The Morgan fingerprint density at radius 2 is 1.75 bits per heavy atom. The number of nitrogens with one attached hydrogen (secondary N) is 1. The van der Waals surface area contributed by atoms with E-state index in [9.17, 15) is 14.4 Å². The minimum atomic E-state index is -1.21. The Morgan fingerprint density at radius 3 is 2.46 bits per heavy atom. The van der Waals surface area contributed by atoms with Crippen molar-refractivity contribution in [3.8, 4) is 22.8 Å². The van der Waals surface area contributed by atoms with Gasteiger partial charge < -0.3 is 14.9 Å². The van der Waals surface area contributed by atoms with Gasteiger partial charge in [0.2, 0.25) is 5.89 Å². The van der Waals surface area contributed by atoms with Crippen LogP contribution in [0.2, 0.25) is 0 Å². The quantitative estimate of drug-likeness (QED) is 0.657. The van der Waals surface area contributed by atoms with Crippen molar-refractivity contribution in [2.24, 2.45) is 5.73 Å². The van der Waals surface area contributed by atoms with Gasteiger partial charge in [-0.1, -0.05) is 42.5 Å². The van der Waals surface area contributed by atoms with Crippen LogP contribution in [0, 0.1) is 0 Å². The van der Waals surface area contributed by atoms with Gasteiger partial charge in [0.1, 0.15) is 0 Å². The number of hydrogen-bond donors (Lipinski definition) is 2. The minimum absolute atomic E-state index is 0.169. The zero-order valence-corrected chi connectivity index (χ0v) is 14.9. The lowest BCUT2D eigenvalue weighted by molar-refractivity contribution is -0.127.